The molecule has 0 saturated heterocycles. The minimum absolute atomic E-state index is 0.469. The first-order valence-electron chi connectivity index (χ1n) is 19.8. The van der Waals surface area contributed by atoms with Gasteiger partial charge in [0.05, 0.1) is 16.8 Å². The fraction of sp³-hybridized carbons (Fsp3) is 0.0182. The number of anilines is 3. The molecule has 1 heterocycles. The number of hydrogen-bond donors (Lipinski definition) is 0. The van der Waals surface area contributed by atoms with E-state index in [4.69, 9.17) is 9.47 Å². The van der Waals surface area contributed by atoms with E-state index in [2.05, 4.69) is 211 Å². The van der Waals surface area contributed by atoms with E-state index in [0.29, 0.717) is 17.2 Å². The number of fused-ring (bicyclic) bond motifs is 13. The first-order chi connectivity index (χ1) is 28.8. The summed E-state index contributed by atoms with van der Waals surface area (Å²) in [6.07, 6.45) is 0. The summed E-state index contributed by atoms with van der Waals surface area (Å²) in [5.74, 6) is 2.78. The Balaban J connectivity index is 1.04. The van der Waals surface area contributed by atoms with Gasteiger partial charge in [0, 0.05) is 16.8 Å². The Morgan fingerprint density at radius 2 is 0.810 bits per heavy atom. The summed E-state index contributed by atoms with van der Waals surface area (Å²) in [4.78, 5) is 2.30. The fourth-order valence-corrected chi connectivity index (χ4v) is 9.77. The van der Waals surface area contributed by atoms with Crippen molar-refractivity contribution in [2.75, 3.05) is 4.90 Å². The highest BCUT2D eigenvalue weighted by atomic mass is 16.6. The number of benzene rings is 9. The van der Waals surface area contributed by atoms with E-state index in [1.54, 1.807) is 0 Å². The third-order valence-corrected chi connectivity index (χ3v) is 12.2. The van der Waals surface area contributed by atoms with Crippen LogP contribution in [0.5, 0.6) is 23.0 Å². The Hall–Kier alpha value is -7.62. The molecule has 1 aliphatic heterocycles. The van der Waals surface area contributed by atoms with Crippen LogP contribution >= 0.6 is 0 Å². The van der Waals surface area contributed by atoms with Gasteiger partial charge in [0.25, 0.3) is 0 Å². The van der Waals surface area contributed by atoms with Gasteiger partial charge in [-0.2, -0.15) is 0 Å². The summed E-state index contributed by atoms with van der Waals surface area (Å²) in [6.45, 7) is 0. The van der Waals surface area contributed by atoms with Crippen molar-refractivity contribution >= 4 is 17.1 Å². The Labute approximate surface area is 337 Å². The molecule has 1 spiro atoms. The van der Waals surface area contributed by atoms with Crippen molar-refractivity contribution in [1.29, 1.82) is 0 Å². The normalized spacial score (nSPS) is 13.2. The molecule has 9 aromatic rings. The third-order valence-electron chi connectivity index (χ3n) is 12.2. The number of hydrogen-bond acceptors (Lipinski definition) is 3. The molecule has 0 amide bonds. The van der Waals surface area contributed by atoms with Crippen LogP contribution in [0.1, 0.15) is 22.3 Å². The molecular formula is C55H35NO2. The summed E-state index contributed by atoms with van der Waals surface area (Å²) < 4.78 is 14.3. The van der Waals surface area contributed by atoms with Gasteiger partial charge in [0.15, 0.2) is 23.0 Å². The lowest BCUT2D eigenvalue weighted by Crippen LogP contribution is -2.25. The molecule has 0 aromatic heterocycles. The van der Waals surface area contributed by atoms with Crippen LogP contribution in [0, 0.1) is 0 Å². The molecule has 2 aliphatic carbocycles. The van der Waals surface area contributed by atoms with Gasteiger partial charge in [-0.05, 0) is 92.0 Å². The van der Waals surface area contributed by atoms with E-state index in [1.807, 2.05) is 6.07 Å². The first kappa shape index (κ1) is 32.6. The van der Waals surface area contributed by atoms with E-state index in [1.165, 1.54) is 44.5 Å². The molecule has 0 unspecified atom stereocenters. The van der Waals surface area contributed by atoms with Crippen LogP contribution in [0.3, 0.4) is 0 Å². The molecule has 0 bridgehead atoms. The lowest BCUT2D eigenvalue weighted by Gasteiger charge is -2.33. The Kier molecular flexibility index (Phi) is 7.14. The average molecular weight is 742 g/mol. The number of rotatable bonds is 5. The van der Waals surface area contributed by atoms with Gasteiger partial charge in [-0.25, -0.2) is 0 Å². The van der Waals surface area contributed by atoms with Gasteiger partial charge in [-0.1, -0.05) is 176 Å². The fourth-order valence-electron chi connectivity index (χ4n) is 9.77. The number of nitrogens with zero attached hydrogens (tertiary/aromatic N) is 1. The molecule has 3 heteroatoms. The van der Waals surface area contributed by atoms with Crippen LogP contribution in [0.15, 0.2) is 212 Å². The second-order valence-corrected chi connectivity index (χ2v) is 15.1. The van der Waals surface area contributed by atoms with Crippen LogP contribution in [0.25, 0.3) is 44.5 Å². The van der Waals surface area contributed by atoms with E-state index < -0.39 is 5.41 Å². The molecular weight excluding hydrogens is 707 g/mol. The number of para-hydroxylation sites is 2. The first-order valence-corrected chi connectivity index (χ1v) is 19.8. The van der Waals surface area contributed by atoms with Crippen molar-refractivity contribution in [2.45, 2.75) is 5.41 Å². The largest absolute Gasteiger partial charge is 0.449 e. The van der Waals surface area contributed by atoms with E-state index in [9.17, 15) is 0 Å². The van der Waals surface area contributed by atoms with Crippen molar-refractivity contribution in [1.82, 2.24) is 0 Å². The molecule has 3 nitrogen and oxygen atoms in total. The molecule has 58 heavy (non-hydrogen) atoms. The standard InChI is InChI=1S/C55H35NO2/c1-3-16-36(17-4-1)37-30-32-39(33-31-37)56(48-27-14-10-20-40(48)38-18-5-2-6-19-38)49-28-15-29-50-53(49)57-51-35-34-47-52(54(51)58-50)43-23-9-13-26-46(43)55(47)44-24-11-7-21-41(44)42-22-8-12-25-45(42)55/h1-35H. The molecule has 0 saturated carbocycles. The third kappa shape index (κ3) is 4.62. The monoisotopic (exact) mass is 741 g/mol. The van der Waals surface area contributed by atoms with E-state index >= 15 is 0 Å². The van der Waals surface area contributed by atoms with Gasteiger partial charge < -0.3 is 14.4 Å². The maximum Gasteiger partial charge on any atom is 0.194 e. The van der Waals surface area contributed by atoms with Gasteiger partial charge in [-0.15, -0.1) is 0 Å². The zero-order valence-corrected chi connectivity index (χ0v) is 31.5. The highest BCUT2D eigenvalue weighted by Gasteiger charge is 2.53. The minimum atomic E-state index is -0.469. The summed E-state index contributed by atoms with van der Waals surface area (Å²) in [6, 6.07) is 75.6. The summed E-state index contributed by atoms with van der Waals surface area (Å²) in [7, 11) is 0. The van der Waals surface area contributed by atoms with Crippen LogP contribution < -0.4 is 14.4 Å². The second kappa shape index (κ2) is 12.7. The SMILES string of the molecule is c1ccc(-c2ccc(N(c3ccccc3-c3ccccc3)c3cccc4c3Oc3ccc5c(c3O4)-c3ccccc3C53c4ccccc4-c4ccccc43)cc2)cc1. The van der Waals surface area contributed by atoms with Crippen molar-refractivity contribution in [3.05, 3.63) is 235 Å². The quantitative estimate of drug-likeness (QED) is 0.175. The molecule has 0 radical (unpaired) electrons. The zero-order valence-electron chi connectivity index (χ0n) is 31.5. The molecule has 9 aromatic carbocycles. The highest BCUT2D eigenvalue weighted by molar-refractivity contribution is 5.98. The number of ether oxygens (including phenoxy) is 2. The van der Waals surface area contributed by atoms with Crippen LogP contribution in [-0.4, -0.2) is 0 Å². The maximum absolute atomic E-state index is 7.16. The minimum Gasteiger partial charge on any atom is -0.449 e. The predicted octanol–water partition coefficient (Wildman–Crippen LogP) is 14.7. The lowest BCUT2D eigenvalue weighted by atomic mass is 9.70. The van der Waals surface area contributed by atoms with Crippen molar-refractivity contribution in [3.8, 4) is 67.5 Å². The average Bonchev–Trinajstić information content (AvgIpc) is 3.77. The van der Waals surface area contributed by atoms with Gasteiger partial charge >= 0.3 is 0 Å². The Bertz CT molecular complexity index is 3020. The lowest BCUT2D eigenvalue weighted by molar-refractivity contribution is 0.361. The molecule has 0 atom stereocenters. The van der Waals surface area contributed by atoms with E-state index in [-0.39, 0.29) is 0 Å². The molecule has 3 aliphatic rings. The summed E-state index contributed by atoms with van der Waals surface area (Å²) >= 11 is 0. The van der Waals surface area contributed by atoms with Crippen molar-refractivity contribution in [3.63, 3.8) is 0 Å². The molecule has 12 rings (SSSR count). The van der Waals surface area contributed by atoms with Crippen LogP contribution in [0.2, 0.25) is 0 Å². The van der Waals surface area contributed by atoms with Crippen molar-refractivity contribution < 1.29 is 9.47 Å². The van der Waals surface area contributed by atoms with Crippen LogP contribution in [-0.2, 0) is 5.41 Å². The molecule has 272 valence electrons. The Morgan fingerprint density at radius 1 is 0.310 bits per heavy atom. The van der Waals surface area contributed by atoms with Gasteiger partial charge in [0.1, 0.15) is 0 Å². The topological polar surface area (TPSA) is 21.7 Å². The van der Waals surface area contributed by atoms with Gasteiger partial charge in [0.2, 0.25) is 0 Å². The Morgan fingerprint density at radius 3 is 1.50 bits per heavy atom. The smallest absolute Gasteiger partial charge is 0.194 e. The highest BCUT2D eigenvalue weighted by Crippen LogP contribution is 2.66. The zero-order chi connectivity index (χ0) is 38.2. The van der Waals surface area contributed by atoms with Crippen molar-refractivity contribution in [2.24, 2.45) is 0 Å². The predicted molar refractivity (Wildman–Crippen MR) is 235 cm³/mol. The van der Waals surface area contributed by atoms with Gasteiger partial charge in [-0.3, -0.25) is 0 Å². The molecule has 0 N–H and O–H groups in total. The maximum atomic E-state index is 7.16. The van der Waals surface area contributed by atoms with Crippen LogP contribution in [0.4, 0.5) is 17.1 Å². The summed E-state index contributed by atoms with van der Waals surface area (Å²) in [5.41, 5.74) is 16.9. The summed E-state index contributed by atoms with van der Waals surface area (Å²) in [5, 5.41) is 0. The van der Waals surface area contributed by atoms with E-state index in [0.717, 1.165) is 45.1 Å². The molecule has 0 fully saturated rings. The second-order valence-electron chi connectivity index (χ2n) is 15.1.